The first-order chi connectivity index (χ1) is 11.1. The maximum absolute atomic E-state index is 12.3. The van der Waals surface area contributed by atoms with E-state index < -0.39 is 0 Å². The van der Waals surface area contributed by atoms with Crippen LogP contribution in [-0.4, -0.2) is 41.4 Å². The predicted molar refractivity (Wildman–Crippen MR) is 94.3 cm³/mol. The molecule has 2 N–H and O–H groups in total. The molecule has 7 heteroatoms. The Morgan fingerprint density at radius 1 is 1.61 bits per heavy atom. The van der Waals surface area contributed by atoms with Crippen molar-refractivity contribution in [1.82, 2.24) is 10.1 Å². The van der Waals surface area contributed by atoms with Crippen molar-refractivity contribution in [2.24, 2.45) is 11.1 Å². The molecular weight excluding hydrogens is 330 g/mol. The number of rotatable bonds is 6. The lowest BCUT2D eigenvalue weighted by Crippen LogP contribution is -2.35. The van der Waals surface area contributed by atoms with E-state index in [1.54, 1.807) is 23.1 Å². The molecular formula is C16H21N3O2S2. The fourth-order valence-corrected chi connectivity index (χ4v) is 4.13. The normalized spacial score (nSPS) is 21.0. The van der Waals surface area contributed by atoms with Gasteiger partial charge in [-0.15, -0.1) is 23.1 Å². The topological polar surface area (TPSA) is 72.4 Å². The third-order valence-electron chi connectivity index (χ3n) is 4.20. The number of thiophene rings is 1. The van der Waals surface area contributed by atoms with Crippen LogP contribution in [-0.2, 0) is 10.5 Å². The summed E-state index contributed by atoms with van der Waals surface area (Å²) in [6.45, 7) is 4.37. The summed E-state index contributed by atoms with van der Waals surface area (Å²) < 4.78 is 5.35. The summed E-state index contributed by atoms with van der Waals surface area (Å²) in [7, 11) is 0. The maximum Gasteiger partial charge on any atom is 0.232 e. The van der Waals surface area contributed by atoms with Crippen molar-refractivity contribution in [2.45, 2.75) is 19.1 Å². The number of nitrogens with zero attached hydrogens (tertiary/aromatic N) is 2. The zero-order valence-electron chi connectivity index (χ0n) is 13.2. The second kappa shape index (κ2) is 7.07. The third-order valence-corrected chi connectivity index (χ3v) is 6.04. The molecule has 0 spiro atoms. The van der Waals surface area contributed by atoms with Crippen LogP contribution >= 0.6 is 23.1 Å². The Labute approximate surface area is 144 Å². The summed E-state index contributed by atoms with van der Waals surface area (Å²) in [6, 6.07) is 5.94. The van der Waals surface area contributed by atoms with Crippen molar-refractivity contribution in [1.29, 1.82) is 0 Å². The fourth-order valence-electron chi connectivity index (χ4n) is 2.65. The van der Waals surface area contributed by atoms with Crippen LogP contribution in [0.5, 0.6) is 0 Å². The van der Waals surface area contributed by atoms with Crippen molar-refractivity contribution in [2.75, 3.05) is 25.4 Å². The lowest BCUT2D eigenvalue weighted by atomic mass is 9.90. The van der Waals surface area contributed by atoms with Crippen molar-refractivity contribution >= 4 is 29.0 Å². The molecule has 0 aliphatic carbocycles. The number of carbonyl (C=O) groups excluding carboxylic acids is 1. The minimum atomic E-state index is 0.0854. The summed E-state index contributed by atoms with van der Waals surface area (Å²) in [5.74, 6) is 2.14. The number of nitrogens with two attached hydrogens (primary N) is 1. The van der Waals surface area contributed by atoms with E-state index in [1.807, 2.05) is 28.5 Å². The smallest absolute Gasteiger partial charge is 0.232 e. The van der Waals surface area contributed by atoms with Gasteiger partial charge in [0.1, 0.15) is 0 Å². The van der Waals surface area contributed by atoms with E-state index in [1.165, 1.54) is 0 Å². The molecule has 3 rings (SSSR count). The first-order valence-electron chi connectivity index (χ1n) is 7.65. The largest absolute Gasteiger partial charge is 0.355 e. The quantitative estimate of drug-likeness (QED) is 0.866. The number of carbonyl (C=O) groups is 1. The molecule has 0 aromatic carbocycles. The van der Waals surface area contributed by atoms with E-state index >= 15 is 0 Å². The van der Waals surface area contributed by atoms with Crippen molar-refractivity contribution < 1.29 is 9.32 Å². The van der Waals surface area contributed by atoms with E-state index in [-0.39, 0.29) is 11.3 Å². The highest BCUT2D eigenvalue weighted by molar-refractivity contribution is 7.99. The molecule has 1 fully saturated rings. The maximum atomic E-state index is 12.3. The molecule has 0 bridgehead atoms. The SMILES string of the molecule is CC1(CN)CCN(C(=O)CSCc2cc(-c3cccs3)on2)C1. The molecule has 23 heavy (non-hydrogen) atoms. The van der Waals surface area contributed by atoms with Crippen LogP contribution in [0.1, 0.15) is 19.0 Å². The molecule has 2 aromatic heterocycles. The van der Waals surface area contributed by atoms with Gasteiger partial charge in [0.05, 0.1) is 16.3 Å². The molecule has 1 amide bonds. The van der Waals surface area contributed by atoms with E-state index in [2.05, 4.69) is 12.1 Å². The van der Waals surface area contributed by atoms with Gasteiger partial charge >= 0.3 is 0 Å². The molecule has 1 unspecified atom stereocenters. The fraction of sp³-hybridized carbons (Fsp3) is 0.500. The summed E-state index contributed by atoms with van der Waals surface area (Å²) >= 11 is 3.20. The summed E-state index contributed by atoms with van der Waals surface area (Å²) in [5, 5.41) is 6.08. The first kappa shape index (κ1) is 16.5. The van der Waals surface area contributed by atoms with Gasteiger partial charge in [0.25, 0.3) is 0 Å². The Morgan fingerprint density at radius 3 is 3.17 bits per heavy atom. The van der Waals surface area contributed by atoms with E-state index in [0.29, 0.717) is 18.1 Å². The standard InChI is InChI=1S/C16H21N3O2S2/c1-16(10-17)4-5-19(11-16)15(20)9-22-8-12-7-13(21-18-12)14-3-2-6-23-14/h2-3,6-7H,4-5,8-11,17H2,1H3. The summed E-state index contributed by atoms with van der Waals surface area (Å²) in [5.41, 5.74) is 6.75. The van der Waals surface area contributed by atoms with Crippen molar-refractivity contribution in [3.8, 4) is 10.6 Å². The second-order valence-electron chi connectivity index (χ2n) is 6.23. The Bertz CT molecular complexity index is 656. The molecule has 0 radical (unpaired) electrons. The van der Waals surface area contributed by atoms with Gasteiger partial charge in [-0.3, -0.25) is 4.79 Å². The molecule has 124 valence electrons. The molecule has 3 heterocycles. The van der Waals surface area contributed by atoms with Gasteiger partial charge in [0.2, 0.25) is 5.91 Å². The van der Waals surface area contributed by atoms with Gasteiger partial charge in [-0.1, -0.05) is 18.1 Å². The Hall–Kier alpha value is -1.31. The zero-order valence-corrected chi connectivity index (χ0v) is 14.8. The van der Waals surface area contributed by atoms with Crippen LogP contribution in [0.4, 0.5) is 0 Å². The van der Waals surface area contributed by atoms with E-state index in [0.717, 1.165) is 35.8 Å². The molecule has 5 nitrogen and oxygen atoms in total. The van der Waals surface area contributed by atoms with Gasteiger partial charge in [-0.2, -0.15) is 0 Å². The van der Waals surface area contributed by atoms with E-state index in [9.17, 15) is 4.79 Å². The van der Waals surface area contributed by atoms with Gasteiger partial charge in [0.15, 0.2) is 5.76 Å². The number of thioether (sulfide) groups is 1. The summed E-state index contributed by atoms with van der Waals surface area (Å²) in [6.07, 6.45) is 0.993. The molecule has 1 saturated heterocycles. The Balaban J connectivity index is 1.46. The van der Waals surface area contributed by atoms with Crippen molar-refractivity contribution in [3.05, 3.63) is 29.3 Å². The van der Waals surface area contributed by atoms with Crippen LogP contribution in [0.3, 0.4) is 0 Å². The molecule has 1 atom stereocenters. The predicted octanol–water partition coefficient (Wildman–Crippen LogP) is 2.83. The zero-order chi connectivity index (χ0) is 16.3. The molecule has 0 saturated carbocycles. The van der Waals surface area contributed by atoms with Crippen molar-refractivity contribution in [3.63, 3.8) is 0 Å². The minimum Gasteiger partial charge on any atom is -0.355 e. The number of likely N-dealkylation sites (tertiary alicyclic amines) is 1. The number of hydrogen-bond acceptors (Lipinski definition) is 6. The molecule has 1 aliphatic rings. The van der Waals surface area contributed by atoms with Gasteiger partial charge in [-0.25, -0.2) is 0 Å². The second-order valence-corrected chi connectivity index (χ2v) is 8.17. The van der Waals surface area contributed by atoms with Gasteiger partial charge in [-0.05, 0) is 29.8 Å². The number of aromatic nitrogens is 1. The van der Waals surface area contributed by atoms with Gasteiger partial charge in [0, 0.05) is 24.9 Å². The van der Waals surface area contributed by atoms with Crippen LogP contribution in [0, 0.1) is 5.41 Å². The number of hydrogen-bond donors (Lipinski definition) is 1. The monoisotopic (exact) mass is 351 g/mol. The Morgan fingerprint density at radius 2 is 2.48 bits per heavy atom. The average molecular weight is 351 g/mol. The Kier molecular flexibility index (Phi) is 5.08. The lowest BCUT2D eigenvalue weighted by Gasteiger charge is -2.22. The van der Waals surface area contributed by atoms with Crippen LogP contribution in [0.25, 0.3) is 10.6 Å². The average Bonchev–Trinajstić information content (AvgIpc) is 3.27. The first-order valence-corrected chi connectivity index (χ1v) is 9.68. The molecule has 2 aromatic rings. The molecule has 1 aliphatic heterocycles. The van der Waals surface area contributed by atoms with Gasteiger partial charge < -0.3 is 15.2 Å². The number of amides is 1. The highest BCUT2D eigenvalue weighted by Crippen LogP contribution is 2.29. The third kappa shape index (κ3) is 3.97. The van der Waals surface area contributed by atoms with E-state index in [4.69, 9.17) is 10.3 Å². The van der Waals surface area contributed by atoms with Crippen LogP contribution < -0.4 is 5.73 Å². The minimum absolute atomic E-state index is 0.0854. The lowest BCUT2D eigenvalue weighted by molar-refractivity contribution is -0.127. The summed E-state index contributed by atoms with van der Waals surface area (Å²) in [4.78, 5) is 15.3. The van der Waals surface area contributed by atoms with Crippen LogP contribution in [0.2, 0.25) is 0 Å². The van der Waals surface area contributed by atoms with Crippen LogP contribution in [0.15, 0.2) is 28.1 Å². The highest BCUT2D eigenvalue weighted by Gasteiger charge is 2.34. The highest BCUT2D eigenvalue weighted by atomic mass is 32.2.